The summed E-state index contributed by atoms with van der Waals surface area (Å²) in [5.41, 5.74) is 3.02. The van der Waals surface area contributed by atoms with E-state index in [1.807, 2.05) is 0 Å². The number of aromatic amines is 1. The first kappa shape index (κ1) is 23.1. The third kappa shape index (κ3) is 4.69. The van der Waals surface area contributed by atoms with Gasteiger partial charge in [-0.25, -0.2) is 8.78 Å². The van der Waals surface area contributed by atoms with E-state index in [9.17, 15) is 23.5 Å². The molecule has 9 heteroatoms. The number of H-pyrrole nitrogens is 1. The van der Waals surface area contributed by atoms with Crippen LogP contribution >= 0.6 is 0 Å². The second-order valence-electron chi connectivity index (χ2n) is 9.47. The van der Waals surface area contributed by atoms with Crippen molar-refractivity contribution in [3.05, 3.63) is 53.6 Å². The number of carbonyl (C=O) groups excluding carboxylic acids is 2. The molecule has 2 heterocycles. The van der Waals surface area contributed by atoms with Gasteiger partial charge in [-0.15, -0.1) is 0 Å². The van der Waals surface area contributed by atoms with Gasteiger partial charge in [0, 0.05) is 29.6 Å². The highest BCUT2D eigenvalue weighted by molar-refractivity contribution is 6.90. The SMILES string of the molecule is C[Si](C)(C)c1cc(F)cc2c(CCC(=O)N[C@@H]3C(=O)NC[C@H]3O)c(-c3ccc(F)cc3)[nH]c12. The van der Waals surface area contributed by atoms with Crippen LogP contribution in [0.2, 0.25) is 19.6 Å². The molecule has 0 aliphatic carbocycles. The van der Waals surface area contributed by atoms with Crippen molar-refractivity contribution in [3.8, 4) is 11.3 Å². The van der Waals surface area contributed by atoms with Gasteiger partial charge < -0.3 is 20.7 Å². The van der Waals surface area contributed by atoms with E-state index in [0.717, 1.165) is 21.8 Å². The van der Waals surface area contributed by atoms with E-state index in [1.54, 1.807) is 18.2 Å². The number of aryl methyl sites for hydroxylation is 1. The zero-order chi connectivity index (χ0) is 23.9. The quantitative estimate of drug-likeness (QED) is 0.416. The Hall–Kier alpha value is -3.04. The number of hydrogen-bond donors (Lipinski definition) is 4. The summed E-state index contributed by atoms with van der Waals surface area (Å²) in [6.45, 7) is 6.49. The van der Waals surface area contributed by atoms with Crippen LogP contribution in [0.4, 0.5) is 8.78 Å². The maximum absolute atomic E-state index is 14.6. The van der Waals surface area contributed by atoms with Gasteiger partial charge in [0.1, 0.15) is 23.8 Å². The fourth-order valence-electron chi connectivity index (χ4n) is 4.28. The minimum Gasteiger partial charge on any atom is -0.389 e. The smallest absolute Gasteiger partial charge is 0.245 e. The Morgan fingerprint density at radius 2 is 1.85 bits per heavy atom. The lowest BCUT2D eigenvalue weighted by molar-refractivity contribution is -0.128. The van der Waals surface area contributed by atoms with E-state index in [4.69, 9.17) is 0 Å². The van der Waals surface area contributed by atoms with E-state index in [2.05, 4.69) is 35.3 Å². The molecular weight excluding hydrogens is 444 g/mol. The van der Waals surface area contributed by atoms with Gasteiger partial charge >= 0.3 is 0 Å². The molecular formula is C24H27F2N3O3Si. The molecule has 2 atom stereocenters. The molecule has 0 radical (unpaired) electrons. The van der Waals surface area contributed by atoms with Crippen LogP contribution in [0.25, 0.3) is 22.2 Å². The van der Waals surface area contributed by atoms with Crippen LogP contribution < -0.4 is 15.8 Å². The second kappa shape index (κ2) is 8.72. The Bertz CT molecular complexity index is 1220. The first-order valence-corrected chi connectivity index (χ1v) is 14.4. The van der Waals surface area contributed by atoms with Crippen LogP contribution in [0.5, 0.6) is 0 Å². The number of aliphatic hydroxyl groups excluding tert-OH is 1. The number of hydrogen-bond acceptors (Lipinski definition) is 3. The Balaban J connectivity index is 1.72. The summed E-state index contributed by atoms with van der Waals surface area (Å²) < 4.78 is 28.2. The van der Waals surface area contributed by atoms with E-state index in [0.29, 0.717) is 11.1 Å². The molecule has 33 heavy (non-hydrogen) atoms. The lowest BCUT2D eigenvalue weighted by Crippen LogP contribution is -2.45. The van der Waals surface area contributed by atoms with Crippen LogP contribution in [0, 0.1) is 11.6 Å². The van der Waals surface area contributed by atoms with Gasteiger partial charge in [-0.1, -0.05) is 19.6 Å². The van der Waals surface area contributed by atoms with E-state index < -0.39 is 32.0 Å². The molecule has 3 aromatic rings. The number of amides is 2. The third-order valence-electron chi connectivity index (χ3n) is 5.99. The van der Waals surface area contributed by atoms with Crippen molar-refractivity contribution in [2.24, 2.45) is 0 Å². The van der Waals surface area contributed by atoms with Crippen molar-refractivity contribution in [1.29, 1.82) is 0 Å². The van der Waals surface area contributed by atoms with Crippen molar-refractivity contribution in [2.45, 2.75) is 44.6 Å². The lowest BCUT2D eigenvalue weighted by Gasteiger charge is -2.18. The Morgan fingerprint density at radius 3 is 2.45 bits per heavy atom. The average Bonchev–Trinajstić information content (AvgIpc) is 3.26. The zero-order valence-electron chi connectivity index (χ0n) is 18.8. The van der Waals surface area contributed by atoms with Gasteiger partial charge in [0.25, 0.3) is 0 Å². The third-order valence-corrected chi connectivity index (χ3v) is 8.00. The predicted octanol–water partition coefficient (Wildman–Crippen LogP) is 2.57. The molecule has 4 rings (SSSR count). The Labute approximate surface area is 191 Å². The van der Waals surface area contributed by atoms with Crippen molar-refractivity contribution in [3.63, 3.8) is 0 Å². The highest BCUT2D eigenvalue weighted by atomic mass is 28.3. The number of aliphatic hydroxyl groups is 1. The molecule has 2 aromatic carbocycles. The Kier molecular flexibility index (Phi) is 6.11. The number of nitrogens with one attached hydrogen (secondary N) is 3. The minimum absolute atomic E-state index is 0.0381. The number of halogens is 2. The van der Waals surface area contributed by atoms with Crippen molar-refractivity contribution >= 4 is 36.0 Å². The van der Waals surface area contributed by atoms with E-state index >= 15 is 0 Å². The fourth-order valence-corrected chi connectivity index (χ4v) is 5.80. The van der Waals surface area contributed by atoms with Crippen molar-refractivity contribution < 1.29 is 23.5 Å². The molecule has 2 amide bonds. The normalized spacial score (nSPS) is 18.5. The number of β-amino-alcohol motifs (C(OH)–C–C–N with tert-alkyl or cyclic N) is 1. The van der Waals surface area contributed by atoms with E-state index in [-0.39, 0.29) is 31.0 Å². The van der Waals surface area contributed by atoms with Gasteiger partial charge in [-0.05, 0) is 59.1 Å². The highest BCUT2D eigenvalue weighted by Gasteiger charge is 2.34. The first-order valence-electron chi connectivity index (χ1n) is 10.9. The summed E-state index contributed by atoms with van der Waals surface area (Å²) in [4.78, 5) is 27.8. The molecule has 0 saturated carbocycles. The second-order valence-corrected chi connectivity index (χ2v) is 14.5. The predicted molar refractivity (Wildman–Crippen MR) is 126 cm³/mol. The number of rotatable bonds is 6. The van der Waals surface area contributed by atoms with Crippen LogP contribution in [-0.2, 0) is 16.0 Å². The monoisotopic (exact) mass is 471 g/mol. The van der Waals surface area contributed by atoms with Crippen molar-refractivity contribution in [1.82, 2.24) is 15.6 Å². The van der Waals surface area contributed by atoms with Crippen LogP contribution in [0.3, 0.4) is 0 Å². The number of aromatic nitrogens is 1. The molecule has 4 N–H and O–H groups in total. The molecule has 174 valence electrons. The molecule has 1 aliphatic heterocycles. The van der Waals surface area contributed by atoms with Crippen LogP contribution in [0.1, 0.15) is 12.0 Å². The molecule has 0 bridgehead atoms. The van der Waals surface area contributed by atoms with Gasteiger partial charge in [0.2, 0.25) is 11.8 Å². The molecule has 6 nitrogen and oxygen atoms in total. The van der Waals surface area contributed by atoms with Gasteiger partial charge in [0.05, 0.1) is 8.07 Å². The number of benzene rings is 2. The molecule has 0 unspecified atom stereocenters. The lowest BCUT2D eigenvalue weighted by atomic mass is 10.0. The Morgan fingerprint density at radius 1 is 1.15 bits per heavy atom. The molecule has 1 aliphatic rings. The van der Waals surface area contributed by atoms with Gasteiger partial charge in [-0.2, -0.15) is 0 Å². The van der Waals surface area contributed by atoms with Crippen LogP contribution in [-0.4, -0.2) is 48.7 Å². The summed E-state index contributed by atoms with van der Waals surface area (Å²) in [5, 5.41) is 16.6. The first-order chi connectivity index (χ1) is 15.5. The zero-order valence-corrected chi connectivity index (χ0v) is 19.8. The van der Waals surface area contributed by atoms with Crippen molar-refractivity contribution in [2.75, 3.05) is 6.54 Å². The fraction of sp³-hybridized carbons (Fsp3) is 0.333. The van der Waals surface area contributed by atoms with Crippen LogP contribution in [0.15, 0.2) is 36.4 Å². The van der Waals surface area contributed by atoms with Gasteiger partial charge in [0.15, 0.2) is 0 Å². The maximum Gasteiger partial charge on any atom is 0.245 e. The largest absolute Gasteiger partial charge is 0.389 e. The minimum atomic E-state index is -1.92. The summed E-state index contributed by atoms with van der Waals surface area (Å²) >= 11 is 0. The topological polar surface area (TPSA) is 94.2 Å². The van der Waals surface area contributed by atoms with Gasteiger partial charge in [-0.3, -0.25) is 9.59 Å². The summed E-state index contributed by atoms with van der Waals surface area (Å²) in [7, 11) is -1.92. The average molecular weight is 472 g/mol. The summed E-state index contributed by atoms with van der Waals surface area (Å²) in [6.07, 6.45) is -0.661. The summed E-state index contributed by atoms with van der Waals surface area (Å²) in [5.74, 6) is -1.52. The standard InChI is InChI=1S/C24H27F2N3O3Si/c1-33(2,3)19-11-15(26)10-17-16(8-9-20(31)28-23-18(30)12-27-24(23)32)21(29-22(17)19)13-4-6-14(25)7-5-13/h4-7,10-11,18,23,29-30H,8-9,12H2,1-3H3,(H,27,32)(H,28,31)/t18-,23+/m1/s1. The molecule has 1 aromatic heterocycles. The number of fused-ring (bicyclic) bond motifs is 1. The molecule has 1 fully saturated rings. The molecule has 0 spiro atoms. The summed E-state index contributed by atoms with van der Waals surface area (Å²) in [6, 6.07) is 8.06. The highest BCUT2D eigenvalue weighted by Crippen LogP contribution is 2.32. The molecule has 1 saturated heterocycles. The maximum atomic E-state index is 14.6. The number of carbonyl (C=O) groups is 2. The van der Waals surface area contributed by atoms with E-state index in [1.165, 1.54) is 18.2 Å².